The van der Waals surface area contributed by atoms with Crippen molar-refractivity contribution in [2.24, 2.45) is 5.92 Å². The molecule has 1 atom stereocenters. The number of aromatic nitrogens is 3. The molecule has 5 rings (SSSR count). The Morgan fingerprint density at radius 2 is 1.97 bits per heavy atom. The maximum Gasteiger partial charge on any atom is 0.154 e. The molecule has 3 heterocycles. The third kappa shape index (κ3) is 4.71. The molecule has 2 fully saturated rings. The van der Waals surface area contributed by atoms with Crippen molar-refractivity contribution >= 4 is 17.2 Å². The van der Waals surface area contributed by atoms with Gasteiger partial charge in [0, 0.05) is 44.0 Å². The summed E-state index contributed by atoms with van der Waals surface area (Å²) in [5.74, 6) is 1.68. The van der Waals surface area contributed by atoms with E-state index in [-0.39, 0.29) is 0 Å². The molecule has 1 aliphatic carbocycles. The third-order valence-corrected chi connectivity index (χ3v) is 6.14. The van der Waals surface area contributed by atoms with Gasteiger partial charge in [-0.3, -0.25) is 4.90 Å². The number of alkyl halides is 1. The molecule has 1 saturated carbocycles. The molecule has 1 saturated heterocycles. The Morgan fingerprint density at radius 3 is 2.71 bits per heavy atom. The van der Waals surface area contributed by atoms with Crippen LogP contribution in [-0.2, 0) is 0 Å². The van der Waals surface area contributed by atoms with Gasteiger partial charge in [0.25, 0.3) is 0 Å². The molecule has 3 aromatic rings. The highest BCUT2D eigenvalue weighted by atomic mass is 19.1. The van der Waals surface area contributed by atoms with E-state index in [0.29, 0.717) is 13.0 Å². The van der Waals surface area contributed by atoms with Crippen molar-refractivity contribution in [1.82, 2.24) is 24.8 Å². The lowest BCUT2D eigenvalue weighted by molar-refractivity contribution is 0.290. The minimum atomic E-state index is -0.671. The normalized spacial score (nSPS) is 19.1. The topological polar surface area (TPSA) is 57.5 Å². The molecule has 0 amide bonds. The van der Waals surface area contributed by atoms with Crippen molar-refractivity contribution in [2.75, 3.05) is 38.0 Å². The zero-order valence-electron chi connectivity index (χ0n) is 17.7. The first-order valence-electron chi connectivity index (χ1n) is 11.1. The van der Waals surface area contributed by atoms with Gasteiger partial charge in [0.15, 0.2) is 5.65 Å². The number of hydrogen-bond donors (Lipinski definition) is 2. The molecule has 2 N–H and O–H groups in total. The summed E-state index contributed by atoms with van der Waals surface area (Å²) in [6.45, 7) is 8.13. The van der Waals surface area contributed by atoms with Crippen LogP contribution in [-0.4, -0.2) is 58.4 Å². The SMILES string of the molecule is C=C(NCCN1CCC(F)C1)c1ccc(-c2cnc3ccc(NCC4CC4)nn23)cc1. The molecular formula is C24H29FN6. The monoisotopic (exact) mass is 420 g/mol. The van der Waals surface area contributed by atoms with E-state index in [0.717, 1.165) is 66.1 Å². The second-order valence-corrected chi connectivity index (χ2v) is 8.63. The minimum absolute atomic E-state index is 0.550. The van der Waals surface area contributed by atoms with Gasteiger partial charge in [0.1, 0.15) is 12.0 Å². The molecule has 1 aromatic carbocycles. The van der Waals surface area contributed by atoms with Crippen molar-refractivity contribution in [3.8, 4) is 11.3 Å². The van der Waals surface area contributed by atoms with Crippen LogP contribution in [0.1, 0.15) is 24.8 Å². The number of anilines is 1. The summed E-state index contributed by atoms with van der Waals surface area (Å²) in [7, 11) is 0. The Morgan fingerprint density at radius 1 is 1.13 bits per heavy atom. The number of imidazole rings is 1. The van der Waals surface area contributed by atoms with E-state index in [1.165, 1.54) is 12.8 Å². The number of hydrogen-bond acceptors (Lipinski definition) is 5. The van der Waals surface area contributed by atoms with E-state index in [2.05, 4.69) is 51.4 Å². The molecule has 2 aromatic heterocycles. The predicted octanol–water partition coefficient (Wildman–Crippen LogP) is 3.82. The fourth-order valence-electron chi connectivity index (χ4n) is 4.03. The average molecular weight is 421 g/mol. The first kappa shape index (κ1) is 20.0. The van der Waals surface area contributed by atoms with Gasteiger partial charge in [-0.15, -0.1) is 5.10 Å². The van der Waals surface area contributed by atoms with E-state index in [1.807, 2.05) is 22.8 Å². The number of fused-ring (bicyclic) bond motifs is 1. The Labute approximate surface area is 182 Å². The fraction of sp³-hybridized carbons (Fsp3) is 0.417. The molecular weight excluding hydrogens is 391 g/mol. The molecule has 7 heteroatoms. The van der Waals surface area contributed by atoms with Crippen LogP contribution in [0.5, 0.6) is 0 Å². The first-order chi connectivity index (χ1) is 15.2. The van der Waals surface area contributed by atoms with Crippen LogP contribution in [0.2, 0.25) is 0 Å². The molecule has 162 valence electrons. The second-order valence-electron chi connectivity index (χ2n) is 8.63. The van der Waals surface area contributed by atoms with Crippen LogP contribution < -0.4 is 10.6 Å². The maximum absolute atomic E-state index is 13.3. The summed E-state index contributed by atoms with van der Waals surface area (Å²) < 4.78 is 15.2. The van der Waals surface area contributed by atoms with Gasteiger partial charge >= 0.3 is 0 Å². The molecule has 1 aliphatic heterocycles. The van der Waals surface area contributed by atoms with E-state index < -0.39 is 6.17 Å². The van der Waals surface area contributed by atoms with E-state index in [1.54, 1.807) is 0 Å². The number of nitrogens with one attached hydrogen (secondary N) is 2. The van der Waals surface area contributed by atoms with Crippen LogP contribution >= 0.6 is 0 Å². The lowest BCUT2D eigenvalue weighted by atomic mass is 10.1. The van der Waals surface area contributed by atoms with Crippen LogP contribution in [0.15, 0.2) is 49.2 Å². The smallest absolute Gasteiger partial charge is 0.154 e. The highest BCUT2D eigenvalue weighted by molar-refractivity contribution is 5.68. The zero-order chi connectivity index (χ0) is 21.2. The molecule has 31 heavy (non-hydrogen) atoms. The maximum atomic E-state index is 13.3. The second kappa shape index (κ2) is 8.67. The van der Waals surface area contributed by atoms with Crippen LogP contribution in [0.25, 0.3) is 22.6 Å². The van der Waals surface area contributed by atoms with Crippen LogP contribution in [0, 0.1) is 5.92 Å². The number of likely N-dealkylation sites (tertiary alicyclic amines) is 1. The predicted molar refractivity (Wildman–Crippen MR) is 123 cm³/mol. The van der Waals surface area contributed by atoms with Crippen LogP contribution in [0.3, 0.4) is 0 Å². The number of benzene rings is 1. The molecule has 1 unspecified atom stereocenters. The van der Waals surface area contributed by atoms with Crippen molar-refractivity contribution in [2.45, 2.75) is 25.4 Å². The van der Waals surface area contributed by atoms with Crippen molar-refractivity contribution in [1.29, 1.82) is 0 Å². The van der Waals surface area contributed by atoms with Gasteiger partial charge in [-0.05, 0) is 42.9 Å². The Kier molecular flexibility index (Phi) is 5.59. The Balaban J connectivity index is 1.23. The van der Waals surface area contributed by atoms with Crippen molar-refractivity contribution in [3.05, 3.63) is 54.7 Å². The lowest BCUT2D eigenvalue weighted by Crippen LogP contribution is -2.30. The Bertz CT molecular complexity index is 1060. The molecule has 0 spiro atoms. The van der Waals surface area contributed by atoms with Gasteiger partial charge in [0.05, 0.1) is 11.9 Å². The van der Waals surface area contributed by atoms with Gasteiger partial charge in [0.2, 0.25) is 0 Å². The summed E-state index contributed by atoms with van der Waals surface area (Å²) in [5, 5.41) is 11.5. The van der Waals surface area contributed by atoms with Gasteiger partial charge in [-0.25, -0.2) is 13.9 Å². The molecule has 6 nitrogen and oxygen atoms in total. The van der Waals surface area contributed by atoms with Crippen molar-refractivity contribution in [3.63, 3.8) is 0 Å². The summed E-state index contributed by atoms with van der Waals surface area (Å²) in [6.07, 6.45) is 4.47. The summed E-state index contributed by atoms with van der Waals surface area (Å²) in [6, 6.07) is 12.3. The summed E-state index contributed by atoms with van der Waals surface area (Å²) in [5.41, 5.74) is 4.78. The largest absolute Gasteiger partial charge is 0.384 e. The highest BCUT2D eigenvalue weighted by Crippen LogP contribution is 2.29. The van der Waals surface area contributed by atoms with E-state index >= 15 is 0 Å². The zero-order valence-corrected chi connectivity index (χ0v) is 17.7. The van der Waals surface area contributed by atoms with E-state index in [4.69, 9.17) is 5.10 Å². The number of rotatable bonds is 9. The first-order valence-corrected chi connectivity index (χ1v) is 11.1. The lowest BCUT2D eigenvalue weighted by Gasteiger charge is -2.16. The molecule has 0 bridgehead atoms. The van der Waals surface area contributed by atoms with Gasteiger partial charge < -0.3 is 10.6 Å². The molecule has 2 aliphatic rings. The quantitative estimate of drug-likeness (QED) is 0.551. The third-order valence-electron chi connectivity index (χ3n) is 6.14. The highest BCUT2D eigenvalue weighted by Gasteiger charge is 2.21. The van der Waals surface area contributed by atoms with Gasteiger partial charge in [-0.2, -0.15) is 0 Å². The van der Waals surface area contributed by atoms with Crippen molar-refractivity contribution < 1.29 is 4.39 Å². The summed E-state index contributed by atoms with van der Waals surface area (Å²) in [4.78, 5) is 6.65. The minimum Gasteiger partial charge on any atom is -0.384 e. The van der Waals surface area contributed by atoms with Crippen LogP contribution in [0.4, 0.5) is 10.2 Å². The summed E-state index contributed by atoms with van der Waals surface area (Å²) >= 11 is 0. The van der Waals surface area contributed by atoms with E-state index in [9.17, 15) is 4.39 Å². The van der Waals surface area contributed by atoms with Gasteiger partial charge in [-0.1, -0.05) is 30.8 Å². The number of nitrogens with zero attached hydrogens (tertiary/aromatic N) is 4. The average Bonchev–Trinajstić information content (AvgIpc) is 3.38. The molecule has 0 radical (unpaired) electrons. The standard InChI is InChI=1S/C24H29FN6/c1-17(26-11-13-30-12-10-21(25)16-30)19-4-6-20(7-5-19)22-15-28-24-9-8-23(29-31(22)24)27-14-18-2-3-18/h4-9,15,18,21,26H,1-3,10-14,16H2,(H,27,29). The number of halogens is 1. The Hall–Kier alpha value is -2.93. The fourth-order valence-corrected chi connectivity index (χ4v) is 4.03.